The standard InChI is InChI=1S/C20H24FN5O/c21-15-1-3-16(4-2-15)23-9-11-24(12-10-23)18-13-25(14-18)19-20(27)26(8-7-22-19)17-5-6-17/h1-4,7-8,17-18H,5-6,9-14H2. The quantitative estimate of drug-likeness (QED) is 0.821. The van der Waals surface area contributed by atoms with Gasteiger partial charge in [0.25, 0.3) is 5.56 Å². The minimum atomic E-state index is -0.192. The normalized spacial score (nSPS) is 21.4. The van der Waals surface area contributed by atoms with Gasteiger partial charge in [0.15, 0.2) is 5.82 Å². The van der Waals surface area contributed by atoms with E-state index in [2.05, 4.69) is 19.7 Å². The van der Waals surface area contributed by atoms with E-state index >= 15 is 0 Å². The first-order valence-corrected chi connectivity index (χ1v) is 9.76. The molecule has 0 bridgehead atoms. The predicted octanol–water partition coefficient (Wildman–Crippen LogP) is 1.73. The van der Waals surface area contributed by atoms with Crippen molar-refractivity contribution in [1.29, 1.82) is 0 Å². The molecule has 2 saturated heterocycles. The lowest BCUT2D eigenvalue weighted by molar-refractivity contribution is 0.156. The van der Waals surface area contributed by atoms with Gasteiger partial charge in [-0.3, -0.25) is 9.69 Å². The van der Waals surface area contributed by atoms with Crippen molar-refractivity contribution in [3.8, 4) is 0 Å². The summed E-state index contributed by atoms with van der Waals surface area (Å²) in [5.41, 5.74) is 1.14. The SMILES string of the molecule is O=c1c(N2CC(N3CCN(c4ccc(F)cc4)CC3)C2)nccn1C1CC1. The van der Waals surface area contributed by atoms with Gasteiger partial charge in [-0.15, -0.1) is 0 Å². The van der Waals surface area contributed by atoms with Gasteiger partial charge in [0, 0.05) is 69.4 Å². The number of hydrogen-bond acceptors (Lipinski definition) is 5. The summed E-state index contributed by atoms with van der Waals surface area (Å²) in [5, 5.41) is 0. The first-order valence-electron chi connectivity index (χ1n) is 9.76. The Morgan fingerprint density at radius 2 is 1.63 bits per heavy atom. The van der Waals surface area contributed by atoms with E-state index in [9.17, 15) is 9.18 Å². The third-order valence-electron chi connectivity index (χ3n) is 5.97. The molecule has 0 unspecified atom stereocenters. The molecule has 2 aliphatic heterocycles. The first kappa shape index (κ1) is 16.7. The number of halogens is 1. The molecule has 1 aromatic heterocycles. The topological polar surface area (TPSA) is 44.6 Å². The van der Waals surface area contributed by atoms with Crippen LogP contribution in [-0.4, -0.2) is 59.8 Å². The average Bonchev–Trinajstić information content (AvgIpc) is 3.48. The number of rotatable bonds is 4. The zero-order chi connectivity index (χ0) is 18.4. The van der Waals surface area contributed by atoms with Gasteiger partial charge < -0.3 is 14.4 Å². The second-order valence-corrected chi connectivity index (χ2v) is 7.75. The summed E-state index contributed by atoms with van der Waals surface area (Å²) >= 11 is 0. The minimum Gasteiger partial charge on any atom is -0.369 e. The van der Waals surface area contributed by atoms with Crippen LogP contribution in [0.1, 0.15) is 18.9 Å². The molecule has 0 atom stereocenters. The van der Waals surface area contributed by atoms with Gasteiger partial charge in [-0.1, -0.05) is 0 Å². The maximum Gasteiger partial charge on any atom is 0.293 e. The molecule has 3 fully saturated rings. The molecule has 3 heterocycles. The number of benzene rings is 1. The molecule has 142 valence electrons. The fraction of sp³-hybridized carbons (Fsp3) is 0.500. The Hall–Kier alpha value is -2.41. The average molecular weight is 369 g/mol. The van der Waals surface area contributed by atoms with Crippen molar-refractivity contribution in [2.45, 2.75) is 24.9 Å². The van der Waals surface area contributed by atoms with E-state index in [1.807, 2.05) is 22.9 Å². The molecular weight excluding hydrogens is 345 g/mol. The van der Waals surface area contributed by atoms with Crippen LogP contribution in [0.15, 0.2) is 41.5 Å². The summed E-state index contributed by atoms with van der Waals surface area (Å²) < 4.78 is 14.9. The summed E-state index contributed by atoms with van der Waals surface area (Å²) in [6, 6.07) is 7.61. The molecule has 0 amide bonds. The fourth-order valence-corrected chi connectivity index (χ4v) is 4.13. The Bertz CT molecular complexity index is 865. The highest BCUT2D eigenvalue weighted by atomic mass is 19.1. The van der Waals surface area contributed by atoms with Crippen molar-refractivity contribution in [1.82, 2.24) is 14.5 Å². The van der Waals surface area contributed by atoms with E-state index in [4.69, 9.17) is 0 Å². The van der Waals surface area contributed by atoms with E-state index in [-0.39, 0.29) is 11.4 Å². The fourth-order valence-electron chi connectivity index (χ4n) is 4.13. The van der Waals surface area contributed by atoms with E-state index in [1.54, 1.807) is 6.20 Å². The van der Waals surface area contributed by atoms with Crippen LogP contribution in [0.3, 0.4) is 0 Å². The van der Waals surface area contributed by atoms with Gasteiger partial charge in [0.1, 0.15) is 5.82 Å². The summed E-state index contributed by atoms with van der Waals surface area (Å²) in [6.45, 7) is 5.61. The van der Waals surface area contributed by atoms with Gasteiger partial charge in [-0.2, -0.15) is 0 Å². The maximum atomic E-state index is 13.1. The molecule has 2 aromatic rings. The number of nitrogens with zero attached hydrogens (tertiary/aromatic N) is 5. The van der Waals surface area contributed by atoms with Crippen LogP contribution in [0.25, 0.3) is 0 Å². The van der Waals surface area contributed by atoms with E-state index < -0.39 is 0 Å². The monoisotopic (exact) mass is 369 g/mol. The van der Waals surface area contributed by atoms with Crippen molar-refractivity contribution in [3.05, 3.63) is 52.8 Å². The van der Waals surface area contributed by atoms with E-state index in [0.29, 0.717) is 17.9 Å². The Labute approximate surface area is 157 Å². The van der Waals surface area contributed by atoms with Crippen molar-refractivity contribution >= 4 is 11.5 Å². The molecule has 7 heteroatoms. The summed E-state index contributed by atoms with van der Waals surface area (Å²) in [6.07, 6.45) is 5.77. The Morgan fingerprint density at radius 1 is 0.926 bits per heavy atom. The molecule has 1 aliphatic carbocycles. The summed E-state index contributed by atoms with van der Waals surface area (Å²) in [4.78, 5) is 23.9. The second-order valence-electron chi connectivity index (χ2n) is 7.75. The van der Waals surface area contributed by atoms with Gasteiger partial charge in [-0.05, 0) is 37.1 Å². The Morgan fingerprint density at radius 3 is 2.30 bits per heavy atom. The number of piperazine rings is 1. The molecule has 0 spiro atoms. The third-order valence-corrected chi connectivity index (χ3v) is 5.97. The Balaban J connectivity index is 1.17. The highest BCUT2D eigenvalue weighted by molar-refractivity contribution is 5.47. The van der Waals surface area contributed by atoms with Crippen molar-refractivity contribution < 1.29 is 4.39 Å². The van der Waals surface area contributed by atoms with Gasteiger partial charge in [-0.25, -0.2) is 9.37 Å². The molecule has 0 N–H and O–H groups in total. The highest BCUT2D eigenvalue weighted by Gasteiger charge is 2.36. The molecular formula is C20H24FN5O. The highest BCUT2D eigenvalue weighted by Crippen LogP contribution is 2.33. The lowest BCUT2D eigenvalue weighted by Gasteiger charge is -2.48. The Kier molecular flexibility index (Phi) is 4.11. The van der Waals surface area contributed by atoms with Crippen LogP contribution in [-0.2, 0) is 0 Å². The van der Waals surface area contributed by atoms with Crippen LogP contribution < -0.4 is 15.4 Å². The number of anilines is 2. The molecule has 6 nitrogen and oxygen atoms in total. The van der Waals surface area contributed by atoms with Crippen LogP contribution in [0.5, 0.6) is 0 Å². The second kappa shape index (κ2) is 6.64. The molecule has 3 aliphatic rings. The molecule has 1 saturated carbocycles. The smallest absolute Gasteiger partial charge is 0.293 e. The molecule has 1 aromatic carbocycles. The van der Waals surface area contributed by atoms with Crippen molar-refractivity contribution in [2.75, 3.05) is 49.1 Å². The van der Waals surface area contributed by atoms with Crippen LogP contribution in [0, 0.1) is 5.82 Å². The van der Waals surface area contributed by atoms with Crippen molar-refractivity contribution in [3.63, 3.8) is 0 Å². The molecule has 27 heavy (non-hydrogen) atoms. The van der Waals surface area contributed by atoms with E-state index in [1.165, 1.54) is 12.1 Å². The largest absolute Gasteiger partial charge is 0.369 e. The van der Waals surface area contributed by atoms with Crippen LogP contribution >= 0.6 is 0 Å². The summed E-state index contributed by atoms with van der Waals surface area (Å²) in [7, 11) is 0. The van der Waals surface area contributed by atoms with Crippen LogP contribution in [0.4, 0.5) is 15.9 Å². The molecule has 0 radical (unpaired) electrons. The maximum absolute atomic E-state index is 13.1. The van der Waals surface area contributed by atoms with Crippen molar-refractivity contribution in [2.24, 2.45) is 0 Å². The zero-order valence-electron chi connectivity index (χ0n) is 15.3. The van der Waals surface area contributed by atoms with Gasteiger partial charge in [0.2, 0.25) is 0 Å². The third kappa shape index (κ3) is 3.20. The predicted molar refractivity (Wildman–Crippen MR) is 103 cm³/mol. The first-order chi connectivity index (χ1) is 13.2. The molecule has 5 rings (SSSR count). The zero-order valence-corrected chi connectivity index (χ0v) is 15.3. The lowest BCUT2D eigenvalue weighted by Crippen LogP contribution is -2.64. The van der Waals surface area contributed by atoms with E-state index in [0.717, 1.165) is 57.8 Å². The minimum absolute atomic E-state index is 0.0552. The summed E-state index contributed by atoms with van der Waals surface area (Å²) in [5.74, 6) is 0.410. The number of aromatic nitrogens is 2. The lowest BCUT2D eigenvalue weighted by atomic mass is 10.1. The van der Waals surface area contributed by atoms with Crippen LogP contribution in [0.2, 0.25) is 0 Å². The van der Waals surface area contributed by atoms with Gasteiger partial charge >= 0.3 is 0 Å². The van der Waals surface area contributed by atoms with Gasteiger partial charge in [0.05, 0.1) is 0 Å². The number of hydrogen-bond donors (Lipinski definition) is 0.